The van der Waals surface area contributed by atoms with Crippen molar-refractivity contribution in [3.8, 4) is 23.4 Å². The molecule has 0 saturated carbocycles. The van der Waals surface area contributed by atoms with Crippen LogP contribution in [-0.4, -0.2) is 45.1 Å². The third-order valence-electron chi connectivity index (χ3n) is 6.82. The predicted octanol–water partition coefficient (Wildman–Crippen LogP) is 4.75. The number of nitrogens with two attached hydrogens (primary N) is 1. The van der Waals surface area contributed by atoms with Crippen molar-refractivity contribution in [2.75, 3.05) is 13.1 Å². The fourth-order valence-electron chi connectivity index (χ4n) is 4.47. The van der Waals surface area contributed by atoms with Gasteiger partial charge in [-0.3, -0.25) is 14.9 Å². The molecule has 1 atom stereocenters. The number of nitro benzene ring substituents is 1. The van der Waals surface area contributed by atoms with E-state index in [1.165, 1.54) is 11.0 Å². The molecule has 1 amide bonds. The Kier molecular flexibility index (Phi) is 9.47. The number of benzene rings is 1. The number of nitriles is 1. The molecule has 12 nitrogen and oxygen atoms in total. The molecule has 0 bridgehead atoms. The van der Waals surface area contributed by atoms with Gasteiger partial charge >= 0.3 is 11.8 Å². The molecule has 0 fully saturated rings. The Bertz CT molecular complexity index is 1470. The van der Waals surface area contributed by atoms with E-state index in [2.05, 4.69) is 24.9 Å². The Morgan fingerprint density at radius 3 is 2.56 bits per heavy atom. The van der Waals surface area contributed by atoms with Crippen LogP contribution in [0.25, 0.3) is 6.08 Å². The molecule has 0 spiro atoms. The second-order valence-electron chi connectivity index (χ2n) is 10.1. The molecule has 0 saturated heterocycles. The fraction of sp³-hybridized carbons (Fsp3) is 0.379. The second kappa shape index (κ2) is 12.6. The quantitative estimate of drug-likeness (QED) is 0.0864. The van der Waals surface area contributed by atoms with Crippen molar-refractivity contribution in [3.05, 3.63) is 68.4 Å². The summed E-state index contributed by atoms with van der Waals surface area (Å²) < 4.78 is 10.2. The summed E-state index contributed by atoms with van der Waals surface area (Å²) in [5.74, 6) is -1.95. The number of phenolic OH excluding ortho intramolecular Hbond substituents is 1. The van der Waals surface area contributed by atoms with Gasteiger partial charge in [-0.05, 0) is 62.4 Å². The molecular formula is C29H33N5O7. The van der Waals surface area contributed by atoms with Gasteiger partial charge in [-0.25, -0.2) is 9.78 Å². The maximum absolute atomic E-state index is 12.6. The van der Waals surface area contributed by atoms with Gasteiger partial charge in [0.05, 0.1) is 10.6 Å². The summed E-state index contributed by atoms with van der Waals surface area (Å²) in [7, 11) is 0. The highest BCUT2D eigenvalue weighted by atomic mass is 16.7. The topological polar surface area (TPSA) is 182 Å². The summed E-state index contributed by atoms with van der Waals surface area (Å²) in [4.78, 5) is 41.9. The van der Waals surface area contributed by atoms with Gasteiger partial charge in [-0.2, -0.15) is 5.26 Å². The van der Waals surface area contributed by atoms with Gasteiger partial charge in [0.2, 0.25) is 5.88 Å². The number of hydrogen-bond acceptors (Lipinski definition) is 10. The van der Waals surface area contributed by atoms with E-state index in [1.54, 1.807) is 26.0 Å². The number of nitro groups is 1. The van der Waals surface area contributed by atoms with Gasteiger partial charge in [-0.15, -0.1) is 0 Å². The molecule has 1 aliphatic rings. The molecule has 2 aromatic rings. The highest BCUT2D eigenvalue weighted by molar-refractivity contribution is 6.01. The van der Waals surface area contributed by atoms with Crippen LogP contribution in [0.4, 0.5) is 10.5 Å². The molecule has 12 heteroatoms. The van der Waals surface area contributed by atoms with E-state index in [-0.39, 0.29) is 22.9 Å². The highest BCUT2D eigenvalue weighted by Crippen LogP contribution is 2.39. The van der Waals surface area contributed by atoms with E-state index in [1.807, 2.05) is 6.92 Å². The standard InChI is InChI=1S/C29H33N5O7/c1-6-33(7-2)27(36)20(16-30)12-18-13-23(34(38)39)26(24(35)14-18)41-28(37)40-25-9-8-21-22(32-25)15-19(17(3)4)10-11-29(21,5)31/h8-10,12-14,17,35H,6-7,11,15,31H2,1-5H3/b20-12+. The van der Waals surface area contributed by atoms with E-state index >= 15 is 0 Å². The minimum absolute atomic E-state index is 0.0155. The van der Waals surface area contributed by atoms with Crippen LogP contribution in [0.3, 0.4) is 0 Å². The number of allylic oxidation sites excluding steroid dienone is 1. The zero-order chi connectivity index (χ0) is 30.5. The van der Waals surface area contributed by atoms with Gasteiger partial charge in [-0.1, -0.05) is 25.5 Å². The third-order valence-corrected chi connectivity index (χ3v) is 6.82. The van der Waals surface area contributed by atoms with Crippen molar-refractivity contribution in [1.29, 1.82) is 5.26 Å². The van der Waals surface area contributed by atoms with E-state index in [9.17, 15) is 30.1 Å². The van der Waals surface area contributed by atoms with Gasteiger partial charge in [0.25, 0.3) is 11.7 Å². The number of ether oxygens (including phenoxy) is 2. The molecule has 0 aliphatic heterocycles. The lowest BCUT2D eigenvalue weighted by Gasteiger charge is -2.24. The van der Waals surface area contributed by atoms with Crippen molar-refractivity contribution in [2.24, 2.45) is 11.7 Å². The number of aromatic hydroxyl groups is 1. The lowest BCUT2D eigenvalue weighted by Crippen LogP contribution is -2.33. The maximum Gasteiger partial charge on any atom is 0.521 e. The summed E-state index contributed by atoms with van der Waals surface area (Å²) >= 11 is 0. The van der Waals surface area contributed by atoms with Crippen LogP contribution in [0.2, 0.25) is 0 Å². The number of phenols is 1. The highest BCUT2D eigenvalue weighted by Gasteiger charge is 2.30. The molecule has 216 valence electrons. The lowest BCUT2D eigenvalue weighted by molar-refractivity contribution is -0.385. The first-order valence-electron chi connectivity index (χ1n) is 13.1. The monoisotopic (exact) mass is 563 g/mol. The first-order chi connectivity index (χ1) is 19.3. The number of pyridine rings is 1. The average molecular weight is 564 g/mol. The number of carbonyl (C=O) groups is 2. The SMILES string of the molecule is CCN(CC)C(=O)/C(C#N)=C/c1cc(O)c(OC(=O)Oc2ccc3c(n2)CC(C(C)C)=CCC3(C)N)c([N+](=O)[O-])c1. The van der Waals surface area contributed by atoms with Gasteiger partial charge in [0.15, 0.2) is 5.75 Å². The number of rotatable bonds is 8. The number of hydrogen-bond donors (Lipinski definition) is 2. The first-order valence-corrected chi connectivity index (χ1v) is 13.1. The Labute approximate surface area is 237 Å². The number of amides is 1. The molecule has 1 aliphatic carbocycles. The van der Waals surface area contributed by atoms with Crippen LogP contribution in [-0.2, 0) is 16.8 Å². The van der Waals surface area contributed by atoms with Crippen LogP contribution < -0.4 is 15.2 Å². The minimum Gasteiger partial charge on any atom is -0.504 e. The molecule has 1 aromatic carbocycles. The van der Waals surface area contributed by atoms with Gasteiger partial charge < -0.3 is 25.2 Å². The van der Waals surface area contributed by atoms with Crippen molar-refractivity contribution >= 4 is 23.8 Å². The summed E-state index contributed by atoms with van der Waals surface area (Å²) in [5, 5.41) is 31.7. The van der Waals surface area contributed by atoms with Crippen LogP contribution in [0.15, 0.2) is 41.5 Å². The fourth-order valence-corrected chi connectivity index (χ4v) is 4.47. The van der Waals surface area contributed by atoms with Gasteiger partial charge in [0, 0.05) is 37.2 Å². The lowest BCUT2D eigenvalue weighted by atomic mass is 9.89. The largest absolute Gasteiger partial charge is 0.521 e. The van der Waals surface area contributed by atoms with Gasteiger partial charge in [0.1, 0.15) is 11.6 Å². The van der Waals surface area contributed by atoms with Crippen molar-refractivity contribution in [1.82, 2.24) is 9.88 Å². The Balaban J connectivity index is 1.89. The molecule has 3 N–H and O–H groups in total. The maximum atomic E-state index is 12.6. The molecule has 0 radical (unpaired) electrons. The first kappa shape index (κ1) is 30.8. The average Bonchev–Trinajstić information content (AvgIpc) is 3.04. The van der Waals surface area contributed by atoms with E-state index in [0.717, 1.165) is 29.3 Å². The number of carbonyl (C=O) groups excluding carboxylic acids is 2. The van der Waals surface area contributed by atoms with E-state index in [4.69, 9.17) is 15.2 Å². The zero-order valence-corrected chi connectivity index (χ0v) is 23.6. The summed E-state index contributed by atoms with van der Waals surface area (Å²) in [5.41, 5.74) is 7.34. The molecular weight excluding hydrogens is 530 g/mol. The Morgan fingerprint density at radius 1 is 1.29 bits per heavy atom. The summed E-state index contributed by atoms with van der Waals surface area (Å²) in [6.07, 6.45) is 2.97. The second-order valence-corrected chi connectivity index (χ2v) is 10.1. The predicted molar refractivity (Wildman–Crippen MR) is 150 cm³/mol. The van der Waals surface area contributed by atoms with Crippen molar-refractivity contribution in [3.63, 3.8) is 0 Å². The number of aromatic nitrogens is 1. The van der Waals surface area contributed by atoms with Crippen molar-refractivity contribution < 1.29 is 29.1 Å². The van der Waals surface area contributed by atoms with E-state index in [0.29, 0.717) is 31.6 Å². The molecule has 1 heterocycles. The zero-order valence-electron chi connectivity index (χ0n) is 23.6. The molecule has 3 rings (SSSR count). The number of fused-ring (bicyclic) bond motifs is 1. The molecule has 1 unspecified atom stereocenters. The van der Waals surface area contributed by atoms with Crippen molar-refractivity contribution in [2.45, 2.75) is 53.0 Å². The molecule has 1 aromatic heterocycles. The van der Waals surface area contributed by atoms with Crippen LogP contribution in [0.5, 0.6) is 17.4 Å². The minimum atomic E-state index is -1.36. The summed E-state index contributed by atoms with van der Waals surface area (Å²) in [6, 6.07) is 6.94. The Hall–Kier alpha value is -4.76. The summed E-state index contributed by atoms with van der Waals surface area (Å²) in [6.45, 7) is 10.2. The normalized spacial score (nSPS) is 16.6. The van der Waals surface area contributed by atoms with Crippen LogP contribution in [0.1, 0.15) is 57.9 Å². The third kappa shape index (κ3) is 7.06. The van der Waals surface area contributed by atoms with Crippen LogP contribution in [0, 0.1) is 27.4 Å². The number of likely N-dealkylation sites (N-methyl/N-ethyl adjacent to an activating group) is 1. The molecule has 41 heavy (non-hydrogen) atoms. The Morgan fingerprint density at radius 2 is 1.98 bits per heavy atom. The van der Waals surface area contributed by atoms with Crippen LogP contribution >= 0.6 is 0 Å². The number of nitrogens with zero attached hydrogens (tertiary/aromatic N) is 4. The smallest absolute Gasteiger partial charge is 0.504 e. The van der Waals surface area contributed by atoms with E-state index < -0.39 is 39.7 Å².